The normalized spacial score (nSPS) is 13.4. The number of hydrogen-bond donors (Lipinski definition) is 1. The van der Waals surface area contributed by atoms with E-state index in [1.165, 1.54) is 7.11 Å². The molecule has 0 saturated heterocycles. The van der Waals surface area contributed by atoms with Gasteiger partial charge in [-0.2, -0.15) is 13.2 Å². The maximum atomic E-state index is 12.5. The van der Waals surface area contributed by atoms with Crippen molar-refractivity contribution in [1.82, 2.24) is 5.32 Å². The Hall–Kier alpha value is -0.750. The van der Waals surface area contributed by atoms with Gasteiger partial charge in [-0.05, 0) is 36.7 Å². The second-order valence-electron chi connectivity index (χ2n) is 4.24. The summed E-state index contributed by atoms with van der Waals surface area (Å²) in [6.45, 7) is 2.30. The molecule has 1 rings (SSSR count). The molecular formula is C13H17BrF3NO. The van der Waals surface area contributed by atoms with Gasteiger partial charge in [0.15, 0.2) is 0 Å². The highest BCUT2D eigenvalue weighted by Gasteiger charge is 2.31. The minimum Gasteiger partial charge on any atom is -0.497 e. The van der Waals surface area contributed by atoms with Crippen LogP contribution in [0, 0.1) is 0 Å². The maximum absolute atomic E-state index is 12.5. The first kappa shape index (κ1) is 16.3. The van der Waals surface area contributed by atoms with Crippen LogP contribution in [0.5, 0.6) is 5.75 Å². The topological polar surface area (TPSA) is 21.3 Å². The molecule has 1 atom stereocenters. The molecule has 0 aliphatic carbocycles. The summed E-state index contributed by atoms with van der Waals surface area (Å²) >= 11 is 3.35. The third-order valence-corrected chi connectivity index (χ3v) is 3.46. The van der Waals surface area contributed by atoms with Crippen molar-refractivity contribution in [3.8, 4) is 5.75 Å². The molecule has 1 unspecified atom stereocenters. The van der Waals surface area contributed by atoms with E-state index in [9.17, 15) is 13.2 Å². The van der Waals surface area contributed by atoms with Gasteiger partial charge in [0.1, 0.15) is 5.75 Å². The summed E-state index contributed by atoms with van der Waals surface area (Å²) in [6, 6.07) is 4.67. The number of hydrogen-bond acceptors (Lipinski definition) is 2. The van der Waals surface area contributed by atoms with Crippen LogP contribution >= 0.6 is 15.9 Å². The first-order chi connectivity index (χ1) is 8.85. The molecule has 0 fully saturated rings. The zero-order valence-electron chi connectivity index (χ0n) is 10.9. The molecule has 0 spiro atoms. The number of ether oxygens (including phenoxy) is 1. The Kier molecular flexibility index (Phi) is 6.13. The van der Waals surface area contributed by atoms with Gasteiger partial charge in [-0.15, -0.1) is 0 Å². The first-order valence-corrected chi connectivity index (χ1v) is 6.77. The van der Waals surface area contributed by atoms with Crippen molar-refractivity contribution in [2.45, 2.75) is 32.0 Å². The van der Waals surface area contributed by atoms with E-state index in [4.69, 9.17) is 4.74 Å². The molecule has 2 nitrogen and oxygen atoms in total. The number of halogens is 4. The first-order valence-electron chi connectivity index (χ1n) is 5.98. The van der Waals surface area contributed by atoms with Gasteiger partial charge in [-0.3, -0.25) is 0 Å². The van der Waals surface area contributed by atoms with Crippen LogP contribution in [0.3, 0.4) is 0 Å². The van der Waals surface area contributed by atoms with Crippen LogP contribution in [0.15, 0.2) is 22.7 Å². The van der Waals surface area contributed by atoms with Crippen molar-refractivity contribution in [3.63, 3.8) is 0 Å². The van der Waals surface area contributed by atoms with E-state index in [0.29, 0.717) is 18.7 Å². The Bertz CT molecular complexity index is 409. The summed E-state index contributed by atoms with van der Waals surface area (Å²) in [7, 11) is 1.53. The SMILES string of the molecule is CCNC(Cc1cc(OC)ccc1Br)CC(F)(F)F. The van der Waals surface area contributed by atoms with Gasteiger partial charge in [-0.1, -0.05) is 22.9 Å². The molecule has 0 radical (unpaired) electrons. The van der Waals surface area contributed by atoms with Gasteiger partial charge in [0.25, 0.3) is 0 Å². The maximum Gasteiger partial charge on any atom is 0.390 e. The average molecular weight is 340 g/mol. The van der Waals surface area contributed by atoms with E-state index >= 15 is 0 Å². The van der Waals surface area contributed by atoms with Gasteiger partial charge in [0.2, 0.25) is 0 Å². The van der Waals surface area contributed by atoms with Gasteiger partial charge in [0, 0.05) is 10.5 Å². The predicted molar refractivity (Wildman–Crippen MR) is 72.5 cm³/mol. The molecule has 0 aromatic heterocycles. The Morgan fingerprint density at radius 3 is 2.58 bits per heavy atom. The summed E-state index contributed by atoms with van der Waals surface area (Å²) in [5, 5.41) is 2.87. The quantitative estimate of drug-likeness (QED) is 0.847. The van der Waals surface area contributed by atoms with E-state index < -0.39 is 18.6 Å². The smallest absolute Gasteiger partial charge is 0.390 e. The molecule has 0 saturated carbocycles. The monoisotopic (exact) mass is 339 g/mol. The molecular weight excluding hydrogens is 323 g/mol. The van der Waals surface area contributed by atoms with E-state index in [-0.39, 0.29) is 0 Å². The van der Waals surface area contributed by atoms with Gasteiger partial charge in [-0.25, -0.2) is 0 Å². The zero-order valence-corrected chi connectivity index (χ0v) is 12.4. The van der Waals surface area contributed by atoms with Crippen LogP contribution in [-0.4, -0.2) is 25.9 Å². The molecule has 0 aliphatic rings. The fourth-order valence-corrected chi connectivity index (χ4v) is 2.29. The summed E-state index contributed by atoms with van der Waals surface area (Å²) in [5.74, 6) is 0.639. The van der Waals surface area contributed by atoms with Crippen molar-refractivity contribution in [1.29, 1.82) is 0 Å². The van der Waals surface area contributed by atoms with Crippen molar-refractivity contribution in [3.05, 3.63) is 28.2 Å². The predicted octanol–water partition coefficient (Wildman–Crippen LogP) is 3.93. The lowest BCUT2D eigenvalue weighted by atomic mass is 10.0. The molecule has 6 heteroatoms. The summed E-state index contributed by atoms with van der Waals surface area (Å²) < 4.78 is 43.4. The molecule has 0 amide bonds. The number of likely N-dealkylation sites (N-methyl/N-ethyl adjacent to an activating group) is 1. The standard InChI is InChI=1S/C13H17BrF3NO/c1-3-18-10(8-13(15,16)17)6-9-7-11(19-2)4-5-12(9)14/h4-5,7,10,18H,3,6,8H2,1-2H3. The summed E-state index contributed by atoms with van der Waals surface area (Å²) in [4.78, 5) is 0. The lowest BCUT2D eigenvalue weighted by molar-refractivity contribution is -0.139. The largest absolute Gasteiger partial charge is 0.497 e. The Morgan fingerprint density at radius 2 is 2.05 bits per heavy atom. The van der Waals surface area contributed by atoms with Crippen LogP contribution < -0.4 is 10.1 Å². The van der Waals surface area contributed by atoms with Crippen LogP contribution in [0.25, 0.3) is 0 Å². The Labute approximate surface area is 119 Å². The summed E-state index contributed by atoms with van der Waals surface area (Å²) in [5.41, 5.74) is 0.801. The average Bonchev–Trinajstić information content (AvgIpc) is 2.30. The van der Waals surface area contributed by atoms with Gasteiger partial charge >= 0.3 is 6.18 Å². The molecule has 1 aromatic rings. The second-order valence-corrected chi connectivity index (χ2v) is 5.09. The lowest BCUT2D eigenvalue weighted by Crippen LogP contribution is -2.35. The van der Waals surface area contributed by atoms with E-state index in [2.05, 4.69) is 21.2 Å². The number of methoxy groups -OCH3 is 1. The number of alkyl halides is 3. The minimum absolute atomic E-state index is 0.297. The van der Waals surface area contributed by atoms with Crippen LogP contribution in [0.4, 0.5) is 13.2 Å². The van der Waals surface area contributed by atoms with Crippen molar-refractivity contribution >= 4 is 15.9 Å². The Balaban J connectivity index is 2.83. The van der Waals surface area contributed by atoms with E-state index in [0.717, 1.165) is 10.0 Å². The summed E-state index contributed by atoms with van der Waals surface area (Å²) in [6.07, 6.45) is -4.71. The van der Waals surface area contributed by atoms with Gasteiger partial charge < -0.3 is 10.1 Å². The molecule has 1 aromatic carbocycles. The highest BCUT2D eigenvalue weighted by atomic mass is 79.9. The highest BCUT2D eigenvalue weighted by Crippen LogP contribution is 2.27. The van der Waals surface area contributed by atoms with Crippen molar-refractivity contribution in [2.24, 2.45) is 0 Å². The molecule has 1 N–H and O–H groups in total. The number of rotatable bonds is 6. The molecule has 108 valence electrons. The van der Waals surface area contributed by atoms with E-state index in [1.54, 1.807) is 25.1 Å². The fourth-order valence-electron chi connectivity index (χ4n) is 1.88. The molecule has 19 heavy (non-hydrogen) atoms. The van der Waals surface area contributed by atoms with Crippen LogP contribution in [-0.2, 0) is 6.42 Å². The highest BCUT2D eigenvalue weighted by molar-refractivity contribution is 9.10. The van der Waals surface area contributed by atoms with E-state index in [1.807, 2.05) is 0 Å². The van der Waals surface area contributed by atoms with Crippen molar-refractivity contribution < 1.29 is 17.9 Å². The van der Waals surface area contributed by atoms with Crippen LogP contribution in [0.2, 0.25) is 0 Å². The zero-order chi connectivity index (χ0) is 14.5. The number of nitrogens with one attached hydrogen (secondary N) is 1. The number of benzene rings is 1. The van der Waals surface area contributed by atoms with Crippen molar-refractivity contribution in [2.75, 3.05) is 13.7 Å². The fraction of sp³-hybridized carbons (Fsp3) is 0.538. The third kappa shape index (κ3) is 5.82. The lowest BCUT2D eigenvalue weighted by Gasteiger charge is -2.20. The molecule has 0 aliphatic heterocycles. The minimum atomic E-state index is -4.17. The third-order valence-electron chi connectivity index (χ3n) is 2.69. The second kappa shape index (κ2) is 7.14. The van der Waals surface area contributed by atoms with Crippen LogP contribution in [0.1, 0.15) is 18.9 Å². The Morgan fingerprint density at radius 1 is 1.37 bits per heavy atom. The molecule has 0 bridgehead atoms. The molecule has 0 heterocycles. The van der Waals surface area contributed by atoms with Gasteiger partial charge in [0.05, 0.1) is 13.5 Å².